The fourth-order valence-corrected chi connectivity index (χ4v) is 17.6. The van der Waals surface area contributed by atoms with Crippen molar-refractivity contribution in [2.75, 3.05) is 52.6 Å². The van der Waals surface area contributed by atoms with Gasteiger partial charge in [-0.2, -0.15) is 0 Å². The summed E-state index contributed by atoms with van der Waals surface area (Å²) in [5.74, 6) is -7.71. The first-order valence-electron chi connectivity index (χ1n) is 24.6. The summed E-state index contributed by atoms with van der Waals surface area (Å²) in [5, 5.41) is 9.63. The predicted molar refractivity (Wildman–Crippen MR) is 298 cm³/mol. The van der Waals surface area contributed by atoms with Crippen LogP contribution in [-0.4, -0.2) is 175 Å². The second-order valence-corrected chi connectivity index (χ2v) is 34.2. The Hall–Kier alpha value is -5.84. The number of nitrogens with zero attached hydrogens (tertiary/aromatic N) is 8. The zero-order chi connectivity index (χ0) is 61.2. The molecule has 0 fully saturated rings. The Kier molecular flexibility index (Phi) is 18.4. The van der Waals surface area contributed by atoms with Crippen molar-refractivity contribution in [2.24, 2.45) is 0 Å². The van der Waals surface area contributed by atoms with Gasteiger partial charge in [-0.25, -0.2) is 82.0 Å². The maximum absolute atomic E-state index is 13.9. The number of hydrogen-bond acceptors (Lipinski definition) is 26. The monoisotopic (exact) mass is 1370 g/mol. The molecule has 0 saturated carbocycles. The SMILES string of the molecule is CC(O)CNS(=O)(=O)CCCS(=O)(=O)c1ccc2c(c1)-c1nc-2nc2[n-]c(nc3nc(nc4[n-]c(n1)c1ccc(S(=O)(=O)CCCS(=O)(=O)[O-])cc41)-c1ccc(S(=O)(=O)CCCS(=O)(=O)[O-])cc1-3)c1ccc(S(=O)(=O)CCCS(=O)(=O)[O-])cc21.[Cu+2]. The Morgan fingerprint density at radius 2 is 0.694 bits per heavy atom. The van der Waals surface area contributed by atoms with Crippen molar-refractivity contribution in [2.45, 2.75) is 58.3 Å². The Morgan fingerprint density at radius 3 is 1.02 bits per heavy atom. The standard InChI is InChI=1S/C47H47N9O20S8.Cu/c1-27(57)26-48-81(66,67)18-2-14-77(58,59)28-6-10-32-36(22-28)44-49-40(32)51-45-38-24-30(79(62,63)16-4-20-83(71,72)73)8-12-34(38)42(53-45)55-47-39-25-31(80(64,65)17-5-21-84(74,75)76)9-13-35(39)43(56-47)54-46-37-23-29(7-11-33(37)41(50-44)52-46)78(60,61)15-3-19-82(68,69)70;/h6-13,22-25,27,48,57H,2-5,14-21,26H2,1H3,(H3-2,49,50,51,52,53,54,55,56,68,69,70,71,72,73,74,75,76);/q-2;+2/p-3. The zero-order valence-electron chi connectivity index (χ0n) is 43.5. The van der Waals surface area contributed by atoms with Crippen molar-refractivity contribution in [1.82, 2.24) is 44.6 Å². The molecular formula is C47H44CuN9O20S8-3. The summed E-state index contributed by atoms with van der Waals surface area (Å²) in [6, 6.07) is 14.3. The number of sulfonamides is 1. The molecule has 85 heavy (non-hydrogen) atoms. The smallest absolute Gasteiger partial charge is 0.748 e. The molecule has 29 nitrogen and oxygen atoms in total. The molecule has 38 heteroatoms. The van der Waals surface area contributed by atoms with Crippen LogP contribution >= 0.6 is 0 Å². The summed E-state index contributed by atoms with van der Waals surface area (Å²) in [6.45, 7) is 1.03. The zero-order valence-corrected chi connectivity index (χ0v) is 51.0. The van der Waals surface area contributed by atoms with Gasteiger partial charge in [0.25, 0.3) is 0 Å². The van der Waals surface area contributed by atoms with Gasteiger partial charge in [-0.15, -0.1) is 0 Å². The summed E-state index contributed by atoms with van der Waals surface area (Å²) < 4.78 is 240. The van der Waals surface area contributed by atoms with Gasteiger partial charge in [0, 0.05) is 68.6 Å². The van der Waals surface area contributed by atoms with Gasteiger partial charge in [0.15, 0.2) is 39.3 Å². The average Bonchev–Trinajstić information content (AvgIpc) is 1.71. The molecule has 2 aliphatic heterocycles. The van der Waals surface area contributed by atoms with Crippen LogP contribution in [0.5, 0.6) is 0 Å². The third-order valence-corrected chi connectivity index (χ3v) is 23.9. The number of benzene rings is 4. The van der Waals surface area contributed by atoms with Gasteiger partial charge in [0.2, 0.25) is 10.0 Å². The first kappa shape index (κ1) is 65.1. The molecule has 4 aromatic carbocycles. The molecular weight excluding hydrogens is 1330 g/mol. The van der Waals surface area contributed by atoms with Crippen molar-refractivity contribution < 1.29 is 103 Å². The molecule has 0 saturated heterocycles. The Balaban J connectivity index is 0.00000940. The number of nitrogens with one attached hydrogen (secondary N) is 1. The van der Waals surface area contributed by atoms with Crippen LogP contribution in [0.1, 0.15) is 32.6 Å². The summed E-state index contributed by atoms with van der Waals surface area (Å²) >= 11 is 0. The number of aromatic nitrogens is 8. The summed E-state index contributed by atoms with van der Waals surface area (Å²) in [6.07, 6.45) is -3.11. The van der Waals surface area contributed by atoms with E-state index in [0.29, 0.717) is 0 Å². The number of rotatable bonds is 23. The minimum Gasteiger partial charge on any atom is -0.748 e. The minimum atomic E-state index is -4.81. The maximum atomic E-state index is 13.9. The molecule has 9 rings (SSSR count). The van der Waals surface area contributed by atoms with Gasteiger partial charge < -0.3 is 48.7 Å². The van der Waals surface area contributed by atoms with E-state index in [9.17, 15) is 86.1 Å². The summed E-state index contributed by atoms with van der Waals surface area (Å²) in [5.41, 5.74) is -0.960. The Labute approximate surface area is 497 Å². The van der Waals surface area contributed by atoms with Gasteiger partial charge in [0.05, 0.1) is 108 Å². The molecule has 2 N–H and O–H groups in total. The van der Waals surface area contributed by atoms with Crippen molar-refractivity contribution in [3.8, 4) is 45.6 Å². The molecule has 3 aromatic heterocycles. The molecule has 1 atom stereocenters. The summed E-state index contributed by atoms with van der Waals surface area (Å²) in [7, 11) is -35.8. The molecule has 8 bridgehead atoms. The van der Waals surface area contributed by atoms with Crippen LogP contribution in [0.4, 0.5) is 0 Å². The summed E-state index contributed by atoms with van der Waals surface area (Å²) in [4.78, 5) is 35.9. The normalized spacial score (nSPS) is 13.8. The molecule has 1 radical (unpaired) electrons. The number of sulfone groups is 4. The first-order chi connectivity index (χ1) is 39.0. The van der Waals surface area contributed by atoms with Gasteiger partial charge in [-0.1, -0.05) is 24.3 Å². The molecule has 5 heterocycles. The van der Waals surface area contributed by atoms with E-state index in [2.05, 4.69) is 24.7 Å². The molecule has 7 aromatic rings. The van der Waals surface area contributed by atoms with Gasteiger partial charge in [-0.05, 0) is 103 Å². The maximum Gasteiger partial charge on any atom is 2.00 e. The van der Waals surface area contributed by atoms with E-state index in [1.165, 1.54) is 43.3 Å². The van der Waals surface area contributed by atoms with Crippen molar-refractivity contribution in [3.63, 3.8) is 0 Å². The topological polar surface area (TPSA) is 480 Å². The van der Waals surface area contributed by atoms with Crippen LogP contribution < -0.4 is 14.7 Å². The Morgan fingerprint density at radius 1 is 0.400 bits per heavy atom. The molecule has 2 aliphatic rings. The largest absolute Gasteiger partial charge is 2.00 e. The van der Waals surface area contributed by atoms with Crippen molar-refractivity contribution in [3.05, 3.63) is 72.8 Å². The van der Waals surface area contributed by atoms with E-state index >= 15 is 0 Å². The fourth-order valence-electron chi connectivity index (χ4n) is 8.86. The van der Waals surface area contributed by atoms with E-state index < -0.39 is 151 Å². The minimum absolute atomic E-state index is 0. The Bertz CT molecular complexity index is 4950. The van der Waals surface area contributed by atoms with Crippen molar-refractivity contribution >= 4 is 124 Å². The molecule has 0 spiro atoms. The van der Waals surface area contributed by atoms with Crippen LogP contribution in [-0.2, 0) is 96.8 Å². The second kappa shape index (κ2) is 24.0. The quantitative estimate of drug-likeness (QED) is 0.0658. The molecule has 0 aliphatic carbocycles. The third-order valence-electron chi connectivity index (χ3n) is 12.9. The number of aliphatic hydroxyl groups excluding tert-OH is 1. The average molecular weight is 1370 g/mol. The molecule has 1 unspecified atom stereocenters. The van der Waals surface area contributed by atoms with Crippen LogP contribution in [0.2, 0.25) is 0 Å². The van der Waals surface area contributed by atoms with Gasteiger partial charge >= 0.3 is 17.1 Å². The second-order valence-electron chi connectivity index (χ2n) is 19.3. The predicted octanol–water partition coefficient (Wildman–Crippen LogP) is 0.716. The number of aliphatic hydroxyl groups is 1. The van der Waals surface area contributed by atoms with E-state index in [1.54, 1.807) is 0 Å². The number of hydrogen-bond donors (Lipinski definition) is 2. The van der Waals surface area contributed by atoms with Crippen molar-refractivity contribution in [1.29, 1.82) is 0 Å². The first-order valence-corrected chi connectivity index (χ1v) is 37.6. The van der Waals surface area contributed by atoms with E-state index in [-0.39, 0.29) is 139 Å². The third kappa shape index (κ3) is 15.3. The van der Waals surface area contributed by atoms with E-state index in [1.807, 2.05) is 0 Å². The van der Waals surface area contributed by atoms with Gasteiger partial charge in [-0.3, -0.25) is 0 Å². The molecule has 0 amide bonds. The van der Waals surface area contributed by atoms with Gasteiger partial charge in [0.1, 0.15) is 0 Å². The number of fused-ring (bicyclic) bond motifs is 20. The van der Waals surface area contributed by atoms with Crippen LogP contribution in [0, 0.1) is 0 Å². The van der Waals surface area contributed by atoms with Crippen LogP contribution in [0.15, 0.2) is 92.4 Å². The van der Waals surface area contributed by atoms with Crippen LogP contribution in [0.3, 0.4) is 0 Å². The van der Waals surface area contributed by atoms with E-state index in [0.717, 1.165) is 36.4 Å². The fraction of sp³-hybridized carbons (Fsp3) is 0.319. The van der Waals surface area contributed by atoms with E-state index in [4.69, 9.17) is 19.9 Å². The molecule has 459 valence electrons. The van der Waals surface area contributed by atoms with Crippen LogP contribution in [0.25, 0.3) is 89.7 Å².